The lowest BCUT2D eigenvalue weighted by Gasteiger charge is -2.34. The van der Waals surface area contributed by atoms with Crippen molar-refractivity contribution in [2.75, 3.05) is 5.32 Å². The molecular formula is C21H26N4O4. The van der Waals surface area contributed by atoms with Crippen molar-refractivity contribution in [3.63, 3.8) is 0 Å². The predicted molar refractivity (Wildman–Crippen MR) is 105 cm³/mol. The van der Waals surface area contributed by atoms with Crippen molar-refractivity contribution in [3.8, 4) is 0 Å². The Bertz CT molecular complexity index is 950. The summed E-state index contributed by atoms with van der Waals surface area (Å²) in [7, 11) is 0. The molecule has 2 saturated heterocycles. The maximum absolute atomic E-state index is 13.5. The Kier molecular flexibility index (Phi) is 4.13. The Hall–Kier alpha value is -2.74. The zero-order valence-corrected chi connectivity index (χ0v) is 17.0. The molecule has 8 nitrogen and oxygen atoms in total. The highest BCUT2D eigenvalue weighted by Gasteiger charge is 2.71. The normalized spacial score (nSPS) is 30.7. The molecule has 4 rings (SSSR count). The van der Waals surface area contributed by atoms with Gasteiger partial charge in [-0.15, -0.1) is 0 Å². The van der Waals surface area contributed by atoms with E-state index in [9.17, 15) is 19.2 Å². The molecule has 1 aromatic rings. The number of anilines is 1. The summed E-state index contributed by atoms with van der Waals surface area (Å²) in [5.74, 6) is -3.07. The zero-order chi connectivity index (χ0) is 21.3. The molecule has 1 aromatic carbocycles. The molecule has 8 heteroatoms. The van der Waals surface area contributed by atoms with Gasteiger partial charge in [0.1, 0.15) is 5.54 Å². The number of rotatable bonds is 3. The summed E-state index contributed by atoms with van der Waals surface area (Å²) >= 11 is 0. The van der Waals surface area contributed by atoms with Crippen molar-refractivity contribution in [1.82, 2.24) is 10.2 Å². The summed E-state index contributed by atoms with van der Waals surface area (Å²) < 4.78 is 0. The molecule has 0 aromatic heterocycles. The molecular weight excluding hydrogens is 372 g/mol. The van der Waals surface area contributed by atoms with Crippen molar-refractivity contribution in [3.05, 3.63) is 29.3 Å². The summed E-state index contributed by atoms with van der Waals surface area (Å²) in [5.41, 5.74) is 5.52. The fourth-order valence-electron chi connectivity index (χ4n) is 5.18. The molecule has 3 aliphatic heterocycles. The second-order valence-corrected chi connectivity index (χ2v) is 9.20. The van der Waals surface area contributed by atoms with Crippen molar-refractivity contribution in [1.29, 1.82) is 0 Å². The lowest BCUT2D eigenvalue weighted by Crippen LogP contribution is -2.55. The number of para-hydroxylation sites is 1. The number of carbonyl (C=O) groups excluding carboxylic acids is 4. The highest BCUT2D eigenvalue weighted by molar-refractivity contribution is 6.15. The number of nitrogens with one attached hydrogen (secondary N) is 2. The van der Waals surface area contributed by atoms with Gasteiger partial charge in [0.2, 0.25) is 23.6 Å². The summed E-state index contributed by atoms with van der Waals surface area (Å²) in [4.78, 5) is 52.8. The first-order valence-electron chi connectivity index (χ1n) is 9.85. The van der Waals surface area contributed by atoms with Gasteiger partial charge in [0.15, 0.2) is 0 Å². The fourth-order valence-corrected chi connectivity index (χ4v) is 5.18. The van der Waals surface area contributed by atoms with Gasteiger partial charge in [0.05, 0.1) is 11.8 Å². The van der Waals surface area contributed by atoms with Crippen LogP contribution in [-0.2, 0) is 24.7 Å². The number of nitrogens with two attached hydrogens (primary N) is 1. The van der Waals surface area contributed by atoms with Crippen LogP contribution >= 0.6 is 0 Å². The maximum atomic E-state index is 13.5. The number of fused-ring (bicyclic) bond motifs is 4. The van der Waals surface area contributed by atoms with E-state index in [1.165, 1.54) is 4.90 Å². The van der Waals surface area contributed by atoms with E-state index < -0.39 is 34.9 Å². The number of imide groups is 1. The van der Waals surface area contributed by atoms with E-state index in [0.717, 1.165) is 5.56 Å². The van der Waals surface area contributed by atoms with Crippen LogP contribution in [0.5, 0.6) is 0 Å². The summed E-state index contributed by atoms with van der Waals surface area (Å²) in [5, 5.41) is 6.21. The van der Waals surface area contributed by atoms with Crippen molar-refractivity contribution < 1.29 is 19.2 Å². The number of carbonyl (C=O) groups is 4. The van der Waals surface area contributed by atoms with E-state index in [4.69, 9.17) is 5.73 Å². The molecule has 4 N–H and O–H groups in total. The standard InChI is InChI=1S/C21H26N4O4/c1-10-6-5-7-11-16(10)23-19(29)21(11)15-14(12(24-21)8-9-13(22)26)17(27)25(18(15)28)20(2,3)4/h5-7,12,14-15,24H,8-9H2,1-4H3,(H2,22,26)(H,23,29). The molecule has 0 saturated carbocycles. The minimum atomic E-state index is -1.33. The molecule has 4 amide bonds. The van der Waals surface area contributed by atoms with Gasteiger partial charge in [-0.3, -0.25) is 29.4 Å². The van der Waals surface area contributed by atoms with E-state index in [-0.39, 0.29) is 30.6 Å². The first-order chi connectivity index (χ1) is 13.5. The smallest absolute Gasteiger partial charge is 0.250 e. The van der Waals surface area contributed by atoms with E-state index in [2.05, 4.69) is 10.6 Å². The van der Waals surface area contributed by atoms with Crippen molar-refractivity contribution in [2.24, 2.45) is 17.6 Å². The third kappa shape index (κ3) is 2.55. The topological polar surface area (TPSA) is 122 Å². The van der Waals surface area contributed by atoms with E-state index >= 15 is 0 Å². The van der Waals surface area contributed by atoms with Crippen LogP contribution in [0.4, 0.5) is 5.69 Å². The van der Waals surface area contributed by atoms with Gasteiger partial charge in [0, 0.05) is 29.3 Å². The number of amides is 4. The van der Waals surface area contributed by atoms with Gasteiger partial charge < -0.3 is 11.1 Å². The SMILES string of the molecule is Cc1cccc2c1NC(=O)C21NC(CCC(N)=O)C2C(=O)N(C(C)(C)C)C(=O)C21. The zero-order valence-electron chi connectivity index (χ0n) is 17.0. The lowest BCUT2D eigenvalue weighted by molar-refractivity contribution is -0.148. The number of likely N-dealkylation sites (tertiary alicyclic amines) is 1. The Labute approximate surface area is 169 Å². The first-order valence-corrected chi connectivity index (χ1v) is 9.85. The molecule has 0 bridgehead atoms. The van der Waals surface area contributed by atoms with Crippen LogP contribution in [0.1, 0.15) is 44.7 Å². The van der Waals surface area contributed by atoms with Crippen LogP contribution in [0, 0.1) is 18.8 Å². The largest absolute Gasteiger partial charge is 0.370 e. The van der Waals surface area contributed by atoms with Gasteiger partial charge in [-0.1, -0.05) is 18.2 Å². The predicted octanol–water partition coefficient (Wildman–Crippen LogP) is 0.779. The number of nitrogens with zero attached hydrogens (tertiary/aromatic N) is 1. The third-order valence-corrected chi connectivity index (χ3v) is 6.33. The quantitative estimate of drug-likeness (QED) is 0.650. The average molecular weight is 398 g/mol. The Morgan fingerprint density at radius 2 is 1.90 bits per heavy atom. The van der Waals surface area contributed by atoms with Gasteiger partial charge in [0.25, 0.3) is 0 Å². The minimum absolute atomic E-state index is 0.0657. The second kappa shape index (κ2) is 6.13. The number of hydrogen-bond acceptors (Lipinski definition) is 5. The Morgan fingerprint density at radius 3 is 2.52 bits per heavy atom. The molecule has 29 heavy (non-hydrogen) atoms. The molecule has 2 fully saturated rings. The average Bonchev–Trinajstić information content (AvgIpc) is 3.19. The van der Waals surface area contributed by atoms with Crippen molar-refractivity contribution >= 4 is 29.3 Å². The number of primary amides is 1. The Balaban J connectivity index is 1.88. The van der Waals surface area contributed by atoms with Gasteiger partial charge >= 0.3 is 0 Å². The minimum Gasteiger partial charge on any atom is -0.370 e. The molecule has 154 valence electrons. The monoisotopic (exact) mass is 398 g/mol. The van der Waals surface area contributed by atoms with Crippen LogP contribution in [0.2, 0.25) is 0 Å². The first kappa shape index (κ1) is 19.6. The number of aryl methyl sites for hydroxylation is 1. The van der Waals surface area contributed by atoms with E-state index in [1.54, 1.807) is 20.8 Å². The fraction of sp³-hybridized carbons (Fsp3) is 0.524. The van der Waals surface area contributed by atoms with Crippen LogP contribution in [0.15, 0.2) is 18.2 Å². The molecule has 4 unspecified atom stereocenters. The van der Waals surface area contributed by atoms with Crippen LogP contribution < -0.4 is 16.4 Å². The number of benzene rings is 1. The molecule has 3 heterocycles. The Morgan fingerprint density at radius 1 is 1.21 bits per heavy atom. The van der Waals surface area contributed by atoms with Gasteiger partial charge in [-0.25, -0.2) is 0 Å². The van der Waals surface area contributed by atoms with Crippen LogP contribution in [-0.4, -0.2) is 40.1 Å². The molecule has 4 atom stereocenters. The molecule has 0 aliphatic carbocycles. The van der Waals surface area contributed by atoms with Crippen LogP contribution in [0.25, 0.3) is 0 Å². The lowest BCUT2D eigenvalue weighted by atomic mass is 9.76. The van der Waals surface area contributed by atoms with E-state index in [1.807, 2.05) is 25.1 Å². The highest BCUT2D eigenvalue weighted by Crippen LogP contribution is 2.54. The maximum Gasteiger partial charge on any atom is 0.250 e. The highest BCUT2D eigenvalue weighted by atomic mass is 16.2. The third-order valence-electron chi connectivity index (χ3n) is 6.33. The van der Waals surface area contributed by atoms with Gasteiger partial charge in [-0.2, -0.15) is 0 Å². The molecule has 1 spiro atoms. The van der Waals surface area contributed by atoms with Gasteiger partial charge in [-0.05, 0) is 39.7 Å². The van der Waals surface area contributed by atoms with Crippen LogP contribution in [0.3, 0.4) is 0 Å². The van der Waals surface area contributed by atoms with E-state index in [0.29, 0.717) is 11.3 Å². The summed E-state index contributed by atoms with van der Waals surface area (Å²) in [6.45, 7) is 7.29. The molecule has 3 aliphatic rings. The summed E-state index contributed by atoms with van der Waals surface area (Å²) in [6, 6.07) is 5.04. The van der Waals surface area contributed by atoms with Crippen molar-refractivity contribution in [2.45, 2.75) is 57.7 Å². The summed E-state index contributed by atoms with van der Waals surface area (Å²) in [6.07, 6.45) is 0.347. The number of hydrogen-bond donors (Lipinski definition) is 3. The molecule has 0 radical (unpaired) electrons. The second-order valence-electron chi connectivity index (χ2n) is 9.20.